The van der Waals surface area contributed by atoms with Gasteiger partial charge in [0.1, 0.15) is 11.5 Å². The molecule has 1 saturated heterocycles. The van der Waals surface area contributed by atoms with E-state index in [9.17, 15) is 13.2 Å². The number of halogens is 3. The molecule has 155 valence electrons. The maximum atomic E-state index is 12.4. The van der Waals surface area contributed by atoms with E-state index in [2.05, 4.69) is 28.7 Å². The highest BCUT2D eigenvalue weighted by Gasteiger charge is 2.54. The van der Waals surface area contributed by atoms with Crippen molar-refractivity contribution in [2.24, 2.45) is 17.8 Å². The number of benzene rings is 2. The molecule has 0 N–H and O–H groups in total. The Bertz CT molecular complexity index is 855. The molecule has 2 aliphatic rings. The summed E-state index contributed by atoms with van der Waals surface area (Å²) in [7, 11) is 1.69. The van der Waals surface area contributed by atoms with Gasteiger partial charge in [-0.25, -0.2) is 0 Å². The Balaban J connectivity index is 1.24. The Labute approximate surface area is 169 Å². The average Bonchev–Trinajstić information content (AvgIpc) is 3.10. The molecule has 1 heterocycles. The van der Waals surface area contributed by atoms with Gasteiger partial charge in [-0.2, -0.15) is 0 Å². The minimum atomic E-state index is -4.65. The average molecular weight is 404 g/mol. The molecule has 4 rings (SSSR count). The fourth-order valence-corrected chi connectivity index (χ4v) is 4.62. The Morgan fingerprint density at radius 1 is 1.10 bits per heavy atom. The molecule has 0 spiro atoms. The molecule has 2 unspecified atom stereocenters. The molecular formula is C23H25F3NO2. The number of hydrogen-bond acceptors (Lipinski definition) is 3. The molecular weight excluding hydrogens is 379 g/mol. The lowest BCUT2D eigenvalue weighted by atomic mass is 10.0. The molecule has 1 saturated carbocycles. The van der Waals surface area contributed by atoms with Crippen LogP contribution in [0.1, 0.15) is 23.1 Å². The Kier molecular flexibility index (Phi) is 5.47. The van der Waals surface area contributed by atoms with Gasteiger partial charge < -0.3 is 9.47 Å². The van der Waals surface area contributed by atoms with E-state index in [1.165, 1.54) is 17.7 Å². The molecule has 1 radical (unpaired) electrons. The van der Waals surface area contributed by atoms with Crippen LogP contribution in [0.2, 0.25) is 0 Å². The number of nitrogens with zero attached hydrogens (tertiary/aromatic N) is 1. The van der Waals surface area contributed by atoms with Crippen molar-refractivity contribution in [1.82, 2.24) is 4.90 Å². The standard InChI is InChI=1S/C23H25F3NO2/c1-15-10-17(7-9-22(15)28-2)12-27-13-20-19(21(20)14-27)8-6-16-4-3-5-18(11-16)29-23(24,25)26/h3-7,9-11,19-21H,8,12-14H2,1-2H3. The zero-order valence-electron chi connectivity index (χ0n) is 16.6. The van der Waals surface area contributed by atoms with Gasteiger partial charge in [-0.3, -0.25) is 4.90 Å². The Morgan fingerprint density at radius 3 is 2.52 bits per heavy atom. The first-order valence-corrected chi connectivity index (χ1v) is 9.87. The van der Waals surface area contributed by atoms with E-state index in [0.29, 0.717) is 17.8 Å². The molecule has 6 heteroatoms. The number of alkyl halides is 3. The topological polar surface area (TPSA) is 21.7 Å². The second-order valence-electron chi connectivity index (χ2n) is 8.05. The zero-order valence-corrected chi connectivity index (χ0v) is 16.6. The summed E-state index contributed by atoms with van der Waals surface area (Å²) >= 11 is 0. The summed E-state index contributed by atoms with van der Waals surface area (Å²) in [5.74, 6) is 2.78. The van der Waals surface area contributed by atoms with E-state index in [1.54, 1.807) is 13.2 Å². The molecule has 2 aromatic carbocycles. The van der Waals surface area contributed by atoms with Crippen molar-refractivity contribution in [3.63, 3.8) is 0 Å². The maximum Gasteiger partial charge on any atom is 0.573 e. The van der Waals surface area contributed by atoms with Crippen LogP contribution in [-0.4, -0.2) is 31.5 Å². The first-order valence-electron chi connectivity index (χ1n) is 9.87. The number of likely N-dealkylation sites (tertiary alicyclic amines) is 1. The summed E-state index contributed by atoms with van der Waals surface area (Å²) in [4.78, 5) is 2.49. The molecule has 0 bridgehead atoms. The monoisotopic (exact) mass is 404 g/mol. The first-order chi connectivity index (χ1) is 13.8. The summed E-state index contributed by atoms with van der Waals surface area (Å²) < 4.78 is 46.4. The molecule has 0 amide bonds. The van der Waals surface area contributed by atoms with Crippen LogP contribution >= 0.6 is 0 Å². The molecule has 0 aromatic heterocycles. The molecule has 3 nitrogen and oxygen atoms in total. The number of piperidine rings is 1. The molecule has 1 aliphatic heterocycles. The lowest BCUT2D eigenvalue weighted by Crippen LogP contribution is -2.24. The fraction of sp³-hybridized carbons (Fsp3) is 0.435. The SMILES string of the molecule is COc1ccc(CN2CC3C(C[CH]c4cccc(OC(F)(F)F)c4)C3C2)cc1C. The van der Waals surface area contributed by atoms with E-state index in [0.717, 1.165) is 42.9 Å². The van der Waals surface area contributed by atoms with Gasteiger partial charge >= 0.3 is 6.36 Å². The quantitative estimate of drug-likeness (QED) is 0.631. The number of ether oxygens (including phenoxy) is 2. The second kappa shape index (κ2) is 7.90. The Hall–Kier alpha value is -2.21. The lowest BCUT2D eigenvalue weighted by molar-refractivity contribution is -0.274. The molecule has 29 heavy (non-hydrogen) atoms. The summed E-state index contributed by atoms with van der Waals surface area (Å²) in [5, 5.41) is 0. The van der Waals surface area contributed by atoms with E-state index in [-0.39, 0.29) is 5.75 Å². The van der Waals surface area contributed by atoms with Gasteiger partial charge in [-0.15, -0.1) is 13.2 Å². The van der Waals surface area contributed by atoms with Gasteiger partial charge in [0, 0.05) is 19.6 Å². The third-order valence-electron chi connectivity index (χ3n) is 6.03. The highest BCUT2D eigenvalue weighted by Crippen LogP contribution is 2.54. The number of rotatable bonds is 7. The number of aryl methyl sites for hydroxylation is 1. The van der Waals surface area contributed by atoms with Crippen LogP contribution in [0, 0.1) is 31.1 Å². The van der Waals surface area contributed by atoms with Crippen molar-refractivity contribution in [1.29, 1.82) is 0 Å². The molecule has 2 atom stereocenters. The minimum absolute atomic E-state index is 0.164. The third kappa shape index (κ3) is 4.86. The van der Waals surface area contributed by atoms with Crippen LogP contribution in [0.25, 0.3) is 0 Å². The summed E-state index contributed by atoms with van der Waals surface area (Å²) in [5.41, 5.74) is 3.23. The number of hydrogen-bond donors (Lipinski definition) is 0. The zero-order chi connectivity index (χ0) is 20.6. The molecule has 2 aromatic rings. The van der Waals surface area contributed by atoms with Gasteiger partial charge in [-0.05, 0) is 72.4 Å². The highest BCUT2D eigenvalue weighted by atomic mass is 19.4. The molecule has 2 fully saturated rings. The third-order valence-corrected chi connectivity index (χ3v) is 6.03. The maximum absolute atomic E-state index is 12.4. The summed E-state index contributed by atoms with van der Waals surface area (Å²) in [6.07, 6.45) is -1.72. The van der Waals surface area contributed by atoms with Crippen LogP contribution in [0.15, 0.2) is 42.5 Å². The number of methoxy groups -OCH3 is 1. The lowest BCUT2D eigenvalue weighted by Gasteiger charge is -2.20. The van der Waals surface area contributed by atoms with Crippen molar-refractivity contribution in [2.45, 2.75) is 26.3 Å². The fourth-order valence-electron chi connectivity index (χ4n) is 4.62. The first kappa shape index (κ1) is 20.1. The summed E-state index contributed by atoms with van der Waals surface area (Å²) in [6.45, 7) is 5.19. The van der Waals surface area contributed by atoms with Crippen LogP contribution in [0.4, 0.5) is 13.2 Å². The van der Waals surface area contributed by atoms with E-state index in [4.69, 9.17) is 4.74 Å². The van der Waals surface area contributed by atoms with Gasteiger partial charge in [-0.1, -0.05) is 24.3 Å². The van der Waals surface area contributed by atoms with Crippen molar-refractivity contribution >= 4 is 0 Å². The predicted molar refractivity (Wildman–Crippen MR) is 105 cm³/mol. The number of fused-ring (bicyclic) bond motifs is 1. The minimum Gasteiger partial charge on any atom is -0.496 e. The van der Waals surface area contributed by atoms with Crippen molar-refractivity contribution in [3.8, 4) is 11.5 Å². The van der Waals surface area contributed by atoms with Crippen molar-refractivity contribution in [3.05, 3.63) is 65.6 Å². The van der Waals surface area contributed by atoms with Gasteiger partial charge in [0.15, 0.2) is 0 Å². The van der Waals surface area contributed by atoms with Crippen LogP contribution in [-0.2, 0) is 6.54 Å². The highest BCUT2D eigenvalue weighted by molar-refractivity contribution is 5.36. The smallest absolute Gasteiger partial charge is 0.496 e. The second-order valence-corrected chi connectivity index (χ2v) is 8.05. The largest absolute Gasteiger partial charge is 0.573 e. The van der Waals surface area contributed by atoms with Gasteiger partial charge in [0.2, 0.25) is 0 Å². The van der Waals surface area contributed by atoms with Gasteiger partial charge in [0.05, 0.1) is 7.11 Å². The van der Waals surface area contributed by atoms with Crippen LogP contribution in [0.3, 0.4) is 0 Å². The Morgan fingerprint density at radius 2 is 1.86 bits per heavy atom. The normalized spacial score (nSPS) is 23.7. The van der Waals surface area contributed by atoms with Crippen LogP contribution in [0.5, 0.6) is 11.5 Å². The molecule has 1 aliphatic carbocycles. The van der Waals surface area contributed by atoms with Crippen molar-refractivity contribution < 1.29 is 22.6 Å². The van der Waals surface area contributed by atoms with E-state index in [1.807, 2.05) is 18.6 Å². The van der Waals surface area contributed by atoms with Crippen molar-refractivity contribution in [2.75, 3.05) is 20.2 Å². The predicted octanol–water partition coefficient (Wildman–Crippen LogP) is 5.22. The van der Waals surface area contributed by atoms with Crippen LogP contribution < -0.4 is 9.47 Å². The van der Waals surface area contributed by atoms with E-state index < -0.39 is 6.36 Å². The van der Waals surface area contributed by atoms with Gasteiger partial charge in [0.25, 0.3) is 0 Å². The van der Waals surface area contributed by atoms with E-state index >= 15 is 0 Å². The summed E-state index contributed by atoms with van der Waals surface area (Å²) in [6, 6.07) is 12.5.